The third-order valence-corrected chi connectivity index (χ3v) is 2.43. The molecule has 1 heterocycles. The maximum absolute atomic E-state index is 10.9. The molecule has 0 fully saturated rings. The van der Waals surface area contributed by atoms with Crippen molar-refractivity contribution in [3.05, 3.63) is 41.6 Å². The summed E-state index contributed by atoms with van der Waals surface area (Å²) >= 11 is 0. The van der Waals surface area contributed by atoms with Crippen LogP contribution < -0.4 is 0 Å². The van der Waals surface area contributed by atoms with E-state index in [0.29, 0.717) is 0 Å². The van der Waals surface area contributed by atoms with Crippen LogP contribution in [0.3, 0.4) is 0 Å². The Labute approximate surface area is 88.6 Å². The zero-order valence-electron chi connectivity index (χ0n) is 8.87. The number of aromatic amines is 1. The molecular formula is C13H13NO. The quantitative estimate of drug-likeness (QED) is 0.741. The Morgan fingerprint density at radius 3 is 2.80 bits per heavy atom. The molecule has 0 aliphatic carbocycles. The van der Waals surface area contributed by atoms with Crippen LogP contribution in [0.1, 0.15) is 18.2 Å². The van der Waals surface area contributed by atoms with Gasteiger partial charge in [-0.25, -0.2) is 0 Å². The highest BCUT2D eigenvalue weighted by molar-refractivity contribution is 5.96. The van der Waals surface area contributed by atoms with E-state index in [4.69, 9.17) is 0 Å². The number of carbonyl (C=O) groups is 1. The van der Waals surface area contributed by atoms with Gasteiger partial charge >= 0.3 is 0 Å². The average molecular weight is 199 g/mol. The molecule has 1 aromatic heterocycles. The lowest BCUT2D eigenvalue weighted by molar-refractivity contribution is -0.112. The Morgan fingerprint density at radius 1 is 1.33 bits per heavy atom. The van der Waals surface area contributed by atoms with Crippen LogP contribution >= 0.6 is 0 Å². The number of fused-ring (bicyclic) bond motifs is 1. The number of para-hydroxylation sites is 1. The summed E-state index contributed by atoms with van der Waals surface area (Å²) in [5.74, 6) is 0.0691. The van der Waals surface area contributed by atoms with Crippen molar-refractivity contribution >= 4 is 22.8 Å². The van der Waals surface area contributed by atoms with E-state index in [-0.39, 0.29) is 5.78 Å². The molecule has 0 bridgehead atoms. The van der Waals surface area contributed by atoms with Crippen molar-refractivity contribution in [1.82, 2.24) is 4.98 Å². The molecule has 0 saturated carbocycles. The summed E-state index contributed by atoms with van der Waals surface area (Å²) < 4.78 is 0. The van der Waals surface area contributed by atoms with Crippen LogP contribution in [-0.4, -0.2) is 10.8 Å². The highest BCUT2D eigenvalue weighted by atomic mass is 16.1. The molecule has 0 aliphatic rings. The first-order valence-corrected chi connectivity index (χ1v) is 4.94. The van der Waals surface area contributed by atoms with Crippen LogP contribution in [0.4, 0.5) is 0 Å². The molecule has 0 unspecified atom stereocenters. The van der Waals surface area contributed by atoms with Gasteiger partial charge in [0.2, 0.25) is 0 Å². The minimum Gasteiger partial charge on any atom is -0.358 e. The summed E-state index contributed by atoms with van der Waals surface area (Å²) in [6.07, 6.45) is 3.47. The summed E-state index contributed by atoms with van der Waals surface area (Å²) in [5, 5.41) is 1.16. The van der Waals surface area contributed by atoms with Crippen LogP contribution in [-0.2, 0) is 4.79 Å². The maximum atomic E-state index is 10.9. The molecule has 1 aromatic carbocycles. The van der Waals surface area contributed by atoms with Gasteiger partial charge in [0.05, 0.1) is 0 Å². The standard InChI is InChI=1S/C13H13NO/c1-9(15)7-8-11-10(2)14-13-6-4-3-5-12(11)13/h3-8,14H,1-2H3/b8-7+. The molecule has 2 nitrogen and oxygen atoms in total. The summed E-state index contributed by atoms with van der Waals surface area (Å²) in [6.45, 7) is 3.57. The van der Waals surface area contributed by atoms with Gasteiger partial charge in [-0.15, -0.1) is 0 Å². The molecule has 0 aliphatic heterocycles. The Balaban J connectivity index is 2.59. The van der Waals surface area contributed by atoms with Gasteiger partial charge in [0.1, 0.15) is 0 Å². The minimum atomic E-state index is 0.0691. The molecule has 2 aromatic rings. The van der Waals surface area contributed by atoms with E-state index in [1.165, 1.54) is 0 Å². The topological polar surface area (TPSA) is 32.9 Å². The number of aryl methyl sites for hydroxylation is 1. The number of hydrogen-bond acceptors (Lipinski definition) is 1. The number of H-pyrrole nitrogens is 1. The molecule has 15 heavy (non-hydrogen) atoms. The number of hydrogen-bond donors (Lipinski definition) is 1. The van der Waals surface area contributed by atoms with Crippen molar-refractivity contribution in [3.8, 4) is 0 Å². The van der Waals surface area contributed by atoms with E-state index in [0.717, 1.165) is 22.2 Å². The van der Waals surface area contributed by atoms with Gasteiger partial charge in [-0.3, -0.25) is 4.79 Å². The van der Waals surface area contributed by atoms with Gasteiger partial charge in [-0.05, 0) is 32.1 Å². The van der Waals surface area contributed by atoms with E-state index in [2.05, 4.69) is 11.1 Å². The van der Waals surface area contributed by atoms with Crippen LogP contribution in [0.5, 0.6) is 0 Å². The molecule has 0 spiro atoms. The summed E-state index contributed by atoms with van der Waals surface area (Å²) in [4.78, 5) is 14.2. The third kappa shape index (κ3) is 1.84. The molecule has 0 radical (unpaired) electrons. The first-order chi connectivity index (χ1) is 7.18. The van der Waals surface area contributed by atoms with Crippen molar-refractivity contribution < 1.29 is 4.79 Å². The van der Waals surface area contributed by atoms with Crippen molar-refractivity contribution in [3.63, 3.8) is 0 Å². The SMILES string of the molecule is CC(=O)/C=C/c1c(C)[nH]c2ccccc12. The lowest BCUT2D eigenvalue weighted by atomic mass is 10.1. The fourth-order valence-electron chi connectivity index (χ4n) is 1.71. The second kappa shape index (κ2) is 3.73. The first kappa shape index (κ1) is 9.71. The maximum Gasteiger partial charge on any atom is 0.152 e. The van der Waals surface area contributed by atoms with Crippen LogP contribution in [0.2, 0.25) is 0 Å². The van der Waals surface area contributed by atoms with Gasteiger partial charge in [0.15, 0.2) is 5.78 Å². The van der Waals surface area contributed by atoms with Crippen molar-refractivity contribution in [2.24, 2.45) is 0 Å². The van der Waals surface area contributed by atoms with Gasteiger partial charge in [-0.2, -0.15) is 0 Å². The van der Waals surface area contributed by atoms with Crippen molar-refractivity contribution in [1.29, 1.82) is 0 Å². The molecule has 0 amide bonds. The summed E-state index contributed by atoms with van der Waals surface area (Å²) in [7, 11) is 0. The second-order valence-electron chi connectivity index (χ2n) is 3.65. The number of allylic oxidation sites excluding steroid dienone is 1. The van der Waals surface area contributed by atoms with E-state index in [9.17, 15) is 4.79 Å². The van der Waals surface area contributed by atoms with Crippen LogP contribution in [0.25, 0.3) is 17.0 Å². The third-order valence-electron chi connectivity index (χ3n) is 2.43. The molecular weight excluding hydrogens is 186 g/mol. The van der Waals surface area contributed by atoms with Gasteiger partial charge < -0.3 is 4.98 Å². The normalized spacial score (nSPS) is 11.3. The van der Waals surface area contributed by atoms with Crippen LogP contribution in [0.15, 0.2) is 30.3 Å². The number of ketones is 1. The number of nitrogens with one attached hydrogen (secondary N) is 1. The number of aromatic nitrogens is 1. The Hall–Kier alpha value is -1.83. The predicted molar refractivity (Wildman–Crippen MR) is 62.8 cm³/mol. The Morgan fingerprint density at radius 2 is 2.07 bits per heavy atom. The molecule has 1 N–H and O–H groups in total. The van der Waals surface area contributed by atoms with E-state index >= 15 is 0 Å². The zero-order chi connectivity index (χ0) is 10.8. The van der Waals surface area contributed by atoms with Crippen molar-refractivity contribution in [2.75, 3.05) is 0 Å². The van der Waals surface area contributed by atoms with E-state index in [1.54, 1.807) is 13.0 Å². The lowest BCUT2D eigenvalue weighted by Gasteiger charge is -1.91. The van der Waals surface area contributed by atoms with Crippen LogP contribution in [0, 0.1) is 6.92 Å². The molecule has 76 valence electrons. The van der Waals surface area contributed by atoms with E-state index < -0.39 is 0 Å². The largest absolute Gasteiger partial charge is 0.358 e. The van der Waals surface area contributed by atoms with Gasteiger partial charge in [0, 0.05) is 22.2 Å². The fourth-order valence-corrected chi connectivity index (χ4v) is 1.71. The highest BCUT2D eigenvalue weighted by Gasteiger charge is 2.03. The molecule has 0 atom stereocenters. The van der Waals surface area contributed by atoms with Gasteiger partial charge in [-0.1, -0.05) is 18.2 Å². The monoisotopic (exact) mass is 199 g/mol. The summed E-state index contributed by atoms with van der Waals surface area (Å²) in [6, 6.07) is 8.09. The van der Waals surface area contributed by atoms with Crippen molar-refractivity contribution in [2.45, 2.75) is 13.8 Å². The van der Waals surface area contributed by atoms with E-state index in [1.807, 2.05) is 31.2 Å². The van der Waals surface area contributed by atoms with Gasteiger partial charge in [0.25, 0.3) is 0 Å². The average Bonchev–Trinajstić information content (AvgIpc) is 2.50. The minimum absolute atomic E-state index is 0.0691. The summed E-state index contributed by atoms with van der Waals surface area (Å²) in [5.41, 5.74) is 3.30. The first-order valence-electron chi connectivity index (χ1n) is 4.94. The molecule has 2 rings (SSSR count). The second-order valence-corrected chi connectivity index (χ2v) is 3.65. The Kier molecular flexibility index (Phi) is 2.42. The number of carbonyl (C=O) groups excluding carboxylic acids is 1. The number of benzene rings is 1. The number of rotatable bonds is 2. The zero-order valence-corrected chi connectivity index (χ0v) is 8.87. The fraction of sp³-hybridized carbons (Fsp3) is 0.154. The molecule has 2 heteroatoms. The highest BCUT2D eigenvalue weighted by Crippen LogP contribution is 2.22. The smallest absolute Gasteiger partial charge is 0.152 e. The Bertz CT molecular complexity index is 534. The molecule has 0 saturated heterocycles. The predicted octanol–water partition coefficient (Wildman–Crippen LogP) is 3.08. The lowest BCUT2D eigenvalue weighted by Crippen LogP contribution is -1.81.